The van der Waals surface area contributed by atoms with E-state index in [1.54, 1.807) is 0 Å². The number of aryl methyl sites for hydroxylation is 1. The van der Waals surface area contributed by atoms with E-state index in [2.05, 4.69) is 38.1 Å². The summed E-state index contributed by atoms with van der Waals surface area (Å²) in [5.41, 5.74) is 2.57. The average Bonchev–Trinajstić information content (AvgIpc) is 2.52. The van der Waals surface area contributed by atoms with E-state index in [0.29, 0.717) is 6.10 Å². The van der Waals surface area contributed by atoms with Gasteiger partial charge < -0.3 is 9.47 Å². The highest BCUT2D eigenvalue weighted by Crippen LogP contribution is 2.28. The molecule has 1 fully saturated rings. The van der Waals surface area contributed by atoms with E-state index in [9.17, 15) is 0 Å². The molecule has 0 spiro atoms. The van der Waals surface area contributed by atoms with Crippen LogP contribution in [0.4, 0.5) is 0 Å². The monoisotopic (exact) mass is 276 g/mol. The normalized spacial score (nSPS) is 22.9. The number of hydrogen-bond acceptors (Lipinski definition) is 2. The van der Waals surface area contributed by atoms with Crippen molar-refractivity contribution in [1.29, 1.82) is 0 Å². The Morgan fingerprint density at radius 3 is 2.50 bits per heavy atom. The molecular weight excluding hydrogens is 248 g/mol. The van der Waals surface area contributed by atoms with Gasteiger partial charge in [-0.1, -0.05) is 57.4 Å². The number of unbranched alkanes of at least 4 members (excludes halogenated alkanes) is 2. The standard InChI is InChI=1S/C18H28O2/c1-3-5-7-15-9-11-16(12-10-15)18-19-14-13-17(20-18)8-6-4-2/h9-12,17-18H,3-8,13-14H2,1-2H3. The fourth-order valence-electron chi connectivity index (χ4n) is 2.63. The third-order valence-electron chi connectivity index (χ3n) is 3.98. The molecule has 0 N–H and O–H groups in total. The fraction of sp³-hybridized carbons (Fsp3) is 0.667. The molecule has 2 rings (SSSR count). The molecule has 0 radical (unpaired) electrons. The van der Waals surface area contributed by atoms with Gasteiger partial charge in [0.05, 0.1) is 12.7 Å². The molecule has 0 amide bonds. The largest absolute Gasteiger partial charge is 0.348 e. The van der Waals surface area contributed by atoms with Crippen LogP contribution in [0.5, 0.6) is 0 Å². The summed E-state index contributed by atoms with van der Waals surface area (Å²) in [7, 11) is 0. The van der Waals surface area contributed by atoms with Gasteiger partial charge in [-0.2, -0.15) is 0 Å². The maximum atomic E-state index is 6.07. The molecule has 112 valence electrons. The minimum Gasteiger partial charge on any atom is -0.348 e. The number of ether oxygens (including phenoxy) is 2. The molecule has 2 atom stereocenters. The van der Waals surface area contributed by atoms with Crippen molar-refractivity contribution in [2.24, 2.45) is 0 Å². The van der Waals surface area contributed by atoms with Gasteiger partial charge in [-0.15, -0.1) is 0 Å². The Bertz CT molecular complexity index is 372. The van der Waals surface area contributed by atoms with Crippen molar-refractivity contribution in [3.63, 3.8) is 0 Å². The quantitative estimate of drug-likeness (QED) is 0.696. The first-order chi connectivity index (χ1) is 9.83. The topological polar surface area (TPSA) is 18.5 Å². The van der Waals surface area contributed by atoms with Crippen LogP contribution in [-0.4, -0.2) is 12.7 Å². The summed E-state index contributed by atoms with van der Waals surface area (Å²) >= 11 is 0. The van der Waals surface area contributed by atoms with Crippen molar-refractivity contribution < 1.29 is 9.47 Å². The summed E-state index contributed by atoms with van der Waals surface area (Å²) in [6.45, 7) is 5.27. The maximum absolute atomic E-state index is 6.07. The first-order valence-electron chi connectivity index (χ1n) is 8.19. The molecule has 0 aliphatic carbocycles. The van der Waals surface area contributed by atoms with Crippen LogP contribution in [0.25, 0.3) is 0 Å². The second-order valence-corrected chi connectivity index (χ2v) is 5.74. The predicted octanol–water partition coefficient (Wildman–Crippen LogP) is 5.02. The Balaban J connectivity index is 1.89. The van der Waals surface area contributed by atoms with Crippen LogP contribution >= 0.6 is 0 Å². The molecule has 20 heavy (non-hydrogen) atoms. The predicted molar refractivity (Wildman–Crippen MR) is 82.8 cm³/mol. The van der Waals surface area contributed by atoms with Gasteiger partial charge in [-0.3, -0.25) is 0 Å². The molecule has 2 nitrogen and oxygen atoms in total. The number of hydrogen-bond donors (Lipinski definition) is 0. The van der Waals surface area contributed by atoms with Crippen molar-refractivity contribution in [3.8, 4) is 0 Å². The van der Waals surface area contributed by atoms with Crippen LogP contribution in [0.15, 0.2) is 24.3 Å². The first-order valence-corrected chi connectivity index (χ1v) is 8.19. The summed E-state index contributed by atoms with van der Waals surface area (Å²) in [5, 5.41) is 0. The molecule has 0 bridgehead atoms. The van der Waals surface area contributed by atoms with E-state index in [1.807, 2.05) is 0 Å². The van der Waals surface area contributed by atoms with Gasteiger partial charge in [-0.05, 0) is 31.2 Å². The number of rotatable bonds is 7. The van der Waals surface area contributed by atoms with E-state index >= 15 is 0 Å². The van der Waals surface area contributed by atoms with Crippen LogP contribution in [0, 0.1) is 0 Å². The zero-order chi connectivity index (χ0) is 14.2. The smallest absolute Gasteiger partial charge is 0.184 e. The second-order valence-electron chi connectivity index (χ2n) is 5.74. The summed E-state index contributed by atoms with van der Waals surface area (Å²) in [5.74, 6) is 0. The minimum atomic E-state index is -0.161. The molecule has 0 saturated carbocycles. The van der Waals surface area contributed by atoms with Gasteiger partial charge in [0, 0.05) is 5.56 Å². The fourth-order valence-corrected chi connectivity index (χ4v) is 2.63. The highest BCUT2D eigenvalue weighted by Gasteiger charge is 2.23. The Kier molecular flexibility index (Phi) is 6.55. The Morgan fingerprint density at radius 2 is 1.80 bits per heavy atom. The Hall–Kier alpha value is -0.860. The van der Waals surface area contributed by atoms with E-state index in [4.69, 9.17) is 9.47 Å². The molecule has 1 aliphatic heterocycles. The van der Waals surface area contributed by atoms with Crippen molar-refractivity contribution in [3.05, 3.63) is 35.4 Å². The van der Waals surface area contributed by atoms with Crippen LogP contribution in [0.2, 0.25) is 0 Å². The Morgan fingerprint density at radius 1 is 1.05 bits per heavy atom. The summed E-state index contributed by atoms with van der Waals surface area (Å²) in [6.07, 6.45) is 8.55. The molecular formula is C18H28O2. The van der Waals surface area contributed by atoms with Gasteiger partial charge in [0.15, 0.2) is 6.29 Å². The van der Waals surface area contributed by atoms with Crippen molar-refractivity contribution in [1.82, 2.24) is 0 Å². The van der Waals surface area contributed by atoms with E-state index < -0.39 is 0 Å². The lowest BCUT2D eigenvalue weighted by Crippen LogP contribution is -2.26. The Labute approximate surface area is 123 Å². The lowest BCUT2D eigenvalue weighted by atomic mass is 10.1. The zero-order valence-electron chi connectivity index (χ0n) is 12.9. The third kappa shape index (κ3) is 4.60. The maximum Gasteiger partial charge on any atom is 0.184 e. The first kappa shape index (κ1) is 15.5. The van der Waals surface area contributed by atoms with Crippen molar-refractivity contribution in [2.45, 2.75) is 71.2 Å². The van der Waals surface area contributed by atoms with Gasteiger partial charge in [-0.25, -0.2) is 0 Å². The molecule has 1 aromatic carbocycles. The molecule has 1 saturated heterocycles. The van der Waals surface area contributed by atoms with Crippen molar-refractivity contribution in [2.75, 3.05) is 6.61 Å². The van der Waals surface area contributed by atoms with Gasteiger partial charge in [0.25, 0.3) is 0 Å². The lowest BCUT2D eigenvalue weighted by Gasteiger charge is -2.30. The van der Waals surface area contributed by atoms with Crippen LogP contribution in [0.1, 0.15) is 69.8 Å². The highest BCUT2D eigenvalue weighted by atomic mass is 16.7. The molecule has 1 aliphatic rings. The summed E-state index contributed by atoms with van der Waals surface area (Å²) in [4.78, 5) is 0. The molecule has 1 heterocycles. The van der Waals surface area contributed by atoms with Crippen LogP contribution in [-0.2, 0) is 15.9 Å². The van der Waals surface area contributed by atoms with Gasteiger partial charge in [0.1, 0.15) is 0 Å². The van der Waals surface area contributed by atoms with E-state index in [0.717, 1.165) is 25.0 Å². The highest BCUT2D eigenvalue weighted by molar-refractivity contribution is 5.23. The van der Waals surface area contributed by atoms with Gasteiger partial charge in [0.2, 0.25) is 0 Å². The third-order valence-corrected chi connectivity index (χ3v) is 3.98. The van der Waals surface area contributed by atoms with Crippen LogP contribution < -0.4 is 0 Å². The van der Waals surface area contributed by atoms with Crippen molar-refractivity contribution >= 4 is 0 Å². The molecule has 0 aromatic heterocycles. The summed E-state index contributed by atoms with van der Waals surface area (Å²) in [6, 6.07) is 8.76. The second kappa shape index (κ2) is 8.43. The van der Waals surface area contributed by atoms with E-state index in [-0.39, 0.29) is 6.29 Å². The average molecular weight is 276 g/mol. The van der Waals surface area contributed by atoms with E-state index in [1.165, 1.54) is 37.7 Å². The zero-order valence-corrected chi connectivity index (χ0v) is 12.9. The summed E-state index contributed by atoms with van der Waals surface area (Å²) < 4.78 is 11.8. The molecule has 2 heteroatoms. The van der Waals surface area contributed by atoms with Gasteiger partial charge >= 0.3 is 0 Å². The molecule has 1 aromatic rings. The van der Waals surface area contributed by atoms with Crippen LogP contribution in [0.3, 0.4) is 0 Å². The molecule has 2 unspecified atom stereocenters. The SMILES string of the molecule is CCCCc1ccc(C2OCCC(CCCC)O2)cc1. The lowest BCUT2D eigenvalue weighted by molar-refractivity contribution is -0.218. The number of benzene rings is 1. The minimum absolute atomic E-state index is 0.161.